The number of ketones is 1. The highest BCUT2D eigenvalue weighted by molar-refractivity contribution is 5.94. The molecule has 0 saturated carbocycles. The molecule has 0 N–H and O–H groups in total. The molecule has 0 spiro atoms. The SMILES string of the molecule is CC(=O)OCC[C@H]1C=CC(=O)[C@H]1COC(C)=O. The number of esters is 2. The fourth-order valence-corrected chi connectivity index (χ4v) is 1.74. The Kier molecular flexibility index (Phi) is 4.87. The van der Waals surface area contributed by atoms with E-state index >= 15 is 0 Å². The van der Waals surface area contributed by atoms with Crippen molar-refractivity contribution in [1.82, 2.24) is 0 Å². The third-order valence-electron chi connectivity index (χ3n) is 2.61. The zero-order valence-corrected chi connectivity index (χ0v) is 9.97. The summed E-state index contributed by atoms with van der Waals surface area (Å²) in [6.45, 7) is 3.01. The van der Waals surface area contributed by atoms with Gasteiger partial charge >= 0.3 is 11.9 Å². The maximum Gasteiger partial charge on any atom is 0.302 e. The number of rotatable bonds is 5. The lowest BCUT2D eigenvalue weighted by Crippen LogP contribution is -2.24. The lowest BCUT2D eigenvalue weighted by Gasteiger charge is -2.17. The first kappa shape index (κ1) is 13.4. The van der Waals surface area contributed by atoms with Crippen LogP contribution in [0.25, 0.3) is 0 Å². The van der Waals surface area contributed by atoms with Gasteiger partial charge in [0, 0.05) is 13.8 Å². The average Bonchev–Trinajstić information content (AvgIpc) is 2.56. The van der Waals surface area contributed by atoms with Crippen LogP contribution in [0.15, 0.2) is 12.2 Å². The summed E-state index contributed by atoms with van der Waals surface area (Å²) in [5, 5.41) is 0. The molecule has 0 aliphatic heterocycles. The quantitative estimate of drug-likeness (QED) is 0.667. The molecule has 0 unspecified atom stereocenters. The molecule has 17 heavy (non-hydrogen) atoms. The van der Waals surface area contributed by atoms with E-state index < -0.39 is 5.97 Å². The van der Waals surface area contributed by atoms with Crippen molar-refractivity contribution in [3.05, 3.63) is 12.2 Å². The number of ether oxygens (including phenoxy) is 2. The van der Waals surface area contributed by atoms with Gasteiger partial charge in [-0.1, -0.05) is 6.08 Å². The van der Waals surface area contributed by atoms with Crippen molar-refractivity contribution in [1.29, 1.82) is 0 Å². The highest BCUT2D eigenvalue weighted by Crippen LogP contribution is 2.25. The summed E-state index contributed by atoms with van der Waals surface area (Å²) in [7, 11) is 0. The largest absolute Gasteiger partial charge is 0.466 e. The topological polar surface area (TPSA) is 69.7 Å². The van der Waals surface area contributed by atoms with Crippen LogP contribution in [0, 0.1) is 11.8 Å². The zero-order valence-electron chi connectivity index (χ0n) is 9.97. The summed E-state index contributed by atoms with van der Waals surface area (Å²) < 4.78 is 9.67. The molecule has 2 atom stereocenters. The Bertz CT molecular complexity index is 345. The van der Waals surface area contributed by atoms with Gasteiger partial charge in [0.05, 0.1) is 12.5 Å². The van der Waals surface area contributed by atoms with Gasteiger partial charge in [0.15, 0.2) is 5.78 Å². The molecule has 1 aliphatic rings. The van der Waals surface area contributed by atoms with E-state index in [1.54, 1.807) is 6.08 Å². The fraction of sp³-hybridized carbons (Fsp3) is 0.583. The molecule has 5 heteroatoms. The van der Waals surface area contributed by atoms with E-state index in [2.05, 4.69) is 0 Å². The number of carbonyl (C=O) groups excluding carboxylic acids is 3. The summed E-state index contributed by atoms with van der Waals surface area (Å²) in [6, 6.07) is 0. The van der Waals surface area contributed by atoms with Crippen LogP contribution in [-0.2, 0) is 23.9 Å². The third kappa shape index (κ3) is 4.38. The highest BCUT2D eigenvalue weighted by Gasteiger charge is 2.30. The number of allylic oxidation sites excluding steroid dienone is 2. The van der Waals surface area contributed by atoms with E-state index in [1.807, 2.05) is 0 Å². The van der Waals surface area contributed by atoms with Crippen molar-refractivity contribution in [3.8, 4) is 0 Å². The van der Waals surface area contributed by atoms with Crippen molar-refractivity contribution >= 4 is 17.7 Å². The molecular weight excluding hydrogens is 224 g/mol. The second kappa shape index (κ2) is 6.18. The van der Waals surface area contributed by atoms with Gasteiger partial charge in [-0.2, -0.15) is 0 Å². The Morgan fingerprint density at radius 2 is 1.88 bits per heavy atom. The van der Waals surface area contributed by atoms with E-state index in [-0.39, 0.29) is 36.8 Å². The van der Waals surface area contributed by atoms with Gasteiger partial charge in [-0.15, -0.1) is 0 Å². The zero-order chi connectivity index (χ0) is 12.8. The van der Waals surface area contributed by atoms with E-state index in [0.717, 1.165) is 0 Å². The third-order valence-corrected chi connectivity index (χ3v) is 2.61. The van der Waals surface area contributed by atoms with Crippen LogP contribution < -0.4 is 0 Å². The second-order valence-electron chi connectivity index (χ2n) is 3.96. The first-order valence-electron chi connectivity index (χ1n) is 5.49. The van der Waals surface area contributed by atoms with E-state index in [1.165, 1.54) is 19.9 Å². The Morgan fingerprint density at radius 3 is 2.47 bits per heavy atom. The Labute approximate surface area is 99.8 Å². The van der Waals surface area contributed by atoms with Crippen LogP contribution >= 0.6 is 0 Å². The van der Waals surface area contributed by atoms with Crippen molar-refractivity contribution < 1.29 is 23.9 Å². The van der Waals surface area contributed by atoms with Gasteiger partial charge in [-0.25, -0.2) is 0 Å². The molecule has 0 amide bonds. The summed E-state index contributed by atoms with van der Waals surface area (Å²) in [4.78, 5) is 32.8. The predicted octanol–water partition coefficient (Wildman–Crippen LogP) is 0.874. The lowest BCUT2D eigenvalue weighted by molar-refractivity contribution is -0.143. The molecule has 0 bridgehead atoms. The first-order chi connectivity index (χ1) is 8.00. The monoisotopic (exact) mass is 240 g/mol. The van der Waals surface area contributed by atoms with E-state index in [0.29, 0.717) is 6.42 Å². The Hall–Kier alpha value is -1.65. The van der Waals surface area contributed by atoms with Crippen LogP contribution in [0.5, 0.6) is 0 Å². The molecule has 0 aromatic rings. The molecule has 1 aliphatic carbocycles. The molecule has 0 aromatic carbocycles. The van der Waals surface area contributed by atoms with Crippen LogP contribution in [0.1, 0.15) is 20.3 Å². The minimum Gasteiger partial charge on any atom is -0.466 e. The maximum absolute atomic E-state index is 11.5. The number of hydrogen-bond donors (Lipinski definition) is 0. The molecule has 5 nitrogen and oxygen atoms in total. The molecule has 0 saturated heterocycles. The first-order valence-corrected chi connectivity index (χ1v) is 5.49. The van der Waals surface area contributed by atoms with Crippen molar-refractivity contribution in [2.45, 2.75) is 20.3 Å². The van der Waals surface area contributed by atoms with Gasteiger partial charge in [-0.3, -0.25) is 14.4 Å². The van der Waals surface area contributed by atoms with Crippen molar-refractivity contribution in [2.75, 3.05) is 13.2 Å². The van der Waals surface area contributed by atoms with Crippen LogP contribution in [0.2, 0.25) is 0 Å². The van der Waals surface area contributed by atoms with Crippen LogP contribution in [0.4, 0.5) is 0 Å². The van der Waals surface area contributed by atoms with Gasteiger partial charge in [0.2, 0.25) is 0 Å². The smallest absolute Gasteiger partial charge is 0.302 e. The molecule has 94 valence electrons. The van der Waals surface area contributed by atoms with Gasteiger partial charge in [0.25, 0.3) is 0 Å². The molecule has 0 fully saturated rings. The molecule has 0 heterocycles. The molecule has 0 aromatic heterocycles. The minimum absolute atomic E-state index is 0.0267. The minimum atomic E-state index is -0.400. The molecule has 0 radical (unpaired) electrons. The summed E-state index contributed by atoms with van der Waals surface area (Å²) >= 11 is 0. The standard InChI is InChI=1S/C12H16O5/c1-8(13)16-6-5-10-3-4-12(15)11(10)7-17-9(2)14/h3-4,10-11H,5-7H2,1-2H3/t10-,11+/m1/s1. The molecular formula is C12H16O5. The van der Waals surface area contributed by atoms with E-state index in [4.69, 9.17) is 9.47 Å². The number of carbonyl (C=O) groups is 3. The van der Waals surface area contributed by atoms with E-state index in [9.17, 15) is 14.4 Å². The van der Waals surface area contributed by atoms with Crippen molar-refractivity contribution in [3.63, 3.8) is 0 Å². The maximum atomic E-state index is 11.5. The second-order valence-corrected chi connectivity index (χ2v) is 3.96. The predicted molar refractivity (Wildman–Crippen MR) is 59.0 cm³/mol. The van der Waals surface area contributed by atoms with Gasteiger partial charge < -0.3 is 9.47 Å². The molecule has 1 rings (SSSR count). The Morgan fingerprint density at radius 1 is 1.24 bits per heavy atom. The van der Waals surface area contributed by atoms with Crippen LogP contribution in [0.3, 0.4) is 0 Å². The summed E-state index contributed by atoms with van der Waals surface area (Å²) in [5.41, 5.74) is 0. The fourth-order valence-electron chi connectivity index (χ4n) is 1.74. The van der Waals surface area contributed by atoms with Crippen molar-refractivity contribution in [2.24, 2.45) is 11.8 Å². The van der Waals surface area contributed by atoms with Gasteiger partial charge in [0.1, 0.15) is 6.61 Å². The number of hydrogen-bond acceptors (Lipinski definition) is 5. The Balaban J connectivity index is 2.41. The summed E-state index contributed by atoms with van der Waals surface area (Å²) in [5.74, 6) is -1.15. The summed E-state index contributed by atoms with van der Waals surface area (Å²) in [6.07, 6.45) is 3.83. The lowest BCUT2D eigenvalue weighted by atomic mass is 9.93. The normalized spacial score (nSPS) is 22.6. The average molecular weight is 240 g/mol. The van der Waals surface area contributed by atoms with Crippen LogP contribution in [-0.4, -0.2) is 30.9 Å². The highest BCUT2D eigenvalue weighted by atomic mass is 16.5. The van der Waals surface area contributed by atoms with Gasteiger partial charge in [-0.05, 0) is 18.4 Å².